The number of aryl methyl sites for hydroxylation is 1. The maximum atomic E-state index is 9.01. The van der Waals surface area contributed by atoms with Gasteiger partial charge in [0.2, 0.25) is 6.71 Å². The van der Waals surface area contributed by atoms with Crippen molar-refractivity contribution in [2.24, 2.45) is 0 Å². The lowest BCUT2D eigenvalue weighted by Crippen LogP contribution is -2.51. The lowest BCUT2D eigenvalue weighted by molar-refractivity contribution is 1.48. The molecule has 0 unspecified atom stereocenters. The van der Waals surface area contributed by atoms with Crippen LogP contribution in [-0.2, 0) is 0 Å². The number of hydrogen-bond acceptors (Lipinski definition) is 2. The number of nitriles is 2. The third-order valence-electron chi connectivity index (χ3n) is 4.16. The first-order chi connectivity index (χ1) is 11.7. The molecule has 0 radical (unpaired) electrons. The molecule has 0 aliphatic carbocycles. The van der Waals surface area contributed by atoms with E-state index >= 15 is 0 Å². The molecule has 0 spiro atoms. The van der Waals surface area contributed by atoms with Crippen molar-refractivity contribution in [2.45, 2.75) is 6.92 Å². The molecule has 0 aliphatic rings. The quantitative estimate of drug-likeness (QED) is 0.697. The Kier molecular flexibility index (Phi) is 4.46. The van der Waals surface area contributed by atoms with Gasteiger partial charge in [0.25, 0.3) is 0 Å². The topological polar surface area (TPSA) is 47.6 Å². The Morgan fingerprint density at radius 3 is 1.25 bits per heavy atom. The van der Waals surface area contributed by atoms with E-state index in [9.17, 15) is 0 Å². The Morgan fingerprint density at radius 2 is 0.917 bits per heavy atom. The van der Waals surface area contributed by atoms with Gasteiger partial charge in [-0.2, -0.15) is 10.5 Å². The van der Waals surface area contributed by atoms with E-state index in [-0.39, 0.29) is 6.71 Å². The molecular formula is C21H15BN2. The highest BCUT2D eigenvalue weighted by Crippen LogP contribution is 2.02. The zero-order valence-corrected chi connectivity index (χ0v) is 13.4. The minimum Gasteiger partial charge on any atom is -0.192 e. The Hall–Kier alpha value is -3.30. The molecule has 0 saturated heterocycles. The van der Waals surface area contributed by atoms with Crippen LogP contribution < -0.4 is 16.4 Å². The molecule has 24 heavy (non-hydrogen) atoms. The van der Waals surface area contributed by atoms with Crippen LogP contribution in [0.3, 0.4) is 0 Å². The molecule has 3 aromatic rings. The predicted molar refractivity (Wildman–Crippen MR) is 98.1 cm³/mol. The summed E-state index contributed by atoms with van der Waals surface area (Å²) < 4.78 is 0. The van der Waals surface area contributed by atoms with Crippen LogP contribution in [0.5, 0.6) is 0 Å². The molecule has 3 rings (SSSR count). The summed E-state index contributed by atoms with van der Waals surface area (Å²) in [5.74, 6) is 0. The van der Waals surface area contributed by atoms with E-state index in [0.717, 1.165) is 10.9 Å². The minimum absolute atomic E-state index is 0.0751. The molecule has 3 heteroatoms. The van der Waals surface area contributed by atoms with Gasteiger partial charge in [-0.25, -0.2) is 0 Å². The Balaban J connectivity index is 2.10. The van der Waals surface area contributed by atoms with Crippen LogP contribution >= 0.6 is 0 Å². The second-order valence-corrected chi connectivity index (χ2v) is 5.81. The Labute approximate surface area is 142 Å². The van der Waals surface area contributed by atoms with Crippen LogP contribution in [0.25, 0.3) is 0 Å². The number of hydrogen-bond donors (Lipinski definition) is 0. The van der Waals surface area contributed by atoms with Crippen molar-refractivity contribution < 1.29 is 0 Å². The normalized spacial score (nSPS) is 9.79. The zero-order chi connectivity index (χ0) is 16.9. The average Bonchev–Trinajstić information content (AvgIpc) is 2.64. The molecule has 0 heterocycles. The van der Waals surface area contributed by atoms with E-state index in [0.29, 0.717) is 11.1 Å². The smallest absolute Gasteiger partial charge is 0.192 e. The van der Waals surface area contributed by atoms with Gasteiger partial charge in [0.05, 0.1) is 23.3 Å². The van der Waals surface area contributed by atoms with Crippen molar-refractivity contribution >= 4 is 23.1 Å². The van der Waals surface area contributed by atoms with Crippen LogP contribution in [0.15, 0.2) is 72.8 Å². The van der Waals surface area contributed by atoms with Crippen LogP contribution in [0.2, 0.25) is 0 Å². The molecular weight excluding hydrogens is 291 g/mol. The van der Waals surface area contributed by atoms with Gasteiger partial charge in [0, 0.05) is 0 Å². The van der Waals surface area contributed by atoms with Crippen LogP contribution in [-0.4, -0.2) is 6.71 Å². The van der Waals surface area contributed by atoms with E-state index in [1.165, 1.54) is 11.0 Å². The summed E-state index contributed by atoms with van der Waals surface area (Å²) in [6.07, 6.45) is 0. The third-order valence-corrected chi connectivity index (χ3v) is 4.16. The van der Waals surface area contributed by atoms with Gasteiger partial charge in [-0.05, 0) is 31.2 Å². The van der Waals surface area contributed by atoms with Crippen molar-refractivity contribution in [3.8, 4) is 12.1 Å². The molecule has 2 nitrogen and oxygen atoms in total. The van der Waals surface area contributed by atoms with Crippen molar-refractivity contribution in [3.63, 3.8) is 0 Å². The predicted octanol–water partition coefficient (Wildman–Crippen LogP) is 2.25. The number of nitrogens with zero attached hydrogens (tertiary/aromatic N) is 2. The lowest BCUT2D eigenvalue weighted by Gasteiger charge is -2.16. The van der Waals surface area contributed by atoms with E-state index < -0.39 is 0 Å². The summed E-state index contributed by atoms with van der Waals surface area (Å²) in [6.45, 7) is 2.15. The summed E-state index contributed by atoms with van der Waals surface area (Å²) in [7, 11) is 0. The summed E-state index contributed by atoms with van der Waals surface area (Å²) in [4.78, 5) is 0. The van der Waals surface area contributed by atoms with Gasteiger partial charge < -0.3 is 0 Å². The van der Waals surface area contributed by atoms with Crippen molar-refractivity contribution in [1.82, 2.24) is 0 Å². The summed E-state index contributed by atoms with van der Waals surface area (Å²) in [5.41, 5.74) is 5.97. The second-order valence-electron chi connectivity index (χ2n) is 5.81. The van der Waals surface area contributed by atoms with Crippen LogP contribution in [0.4, 0.5) is 0 Å². The molecule has 0 N–H and O–H groups in total. The van der Waals surface area contributed by atoms with Crippen molar-refractivity contribution in [2.75, 3.05) is 0 Å². The van der Waals surface area contributed by atoms with E-state index in [4.69, 9.17) is 10.5 Å². The van der Waals surface area contributed by atoms with E-state index in [1.807, 2.05) is 48.5 Å². The third kappa shape index (κ3) is 3.22. The van der Waals surface area contributed by atoms with Gasteiger partial charge in [-0.3, -0.25) is 0 Å². The Bertz CT molecular complexity index is 855. The second kappa shape index (κ2) is 6.86. The fourth-order valence-corrected chi connectivity index (χ4v) is 2.84. The fourth-order valence-electron chi connectivity index (χ4n) is 2.84. The van der Waals surface area contributed by atoms with Gasteiger partial charge >= 0.3 is 0 Å². The van der Waals surface area contributed by atoms with E-state index in [2.05, 4.69) is 43.3 Å². The monoisotopic (exact) mass is 306 g/mol. The maximum absolute atomic E-state index is 9.01. The molecule has 0 amide bonds. The standard InChI is InChI=1S/C21H15BN2/c1-16-2-8-19(9-3-16)22(20-10-4-17(14-23)5-11-20)21-12-6-18(15-24)7-13-21/h2-13H,1H3. The molecule has 112 valence electrons. The first-order valence-corrected chi connectivity index (χ1v) is 7.78. The lowest BCUT2D eigenvalue weighted by atomic mass is 9.37. The van der Waals surface area contributed by atoms with Crippen molar-refractivity contribution in [1.29, 1.82) is 10.5 Å². The maximum Gasteiger partial charge on any atom is 0.241 e. The average molecular weight is 306 g/mol. The molecule has 0 atom stereocenters. The Morgan fingerprint density at radius 1 is 0.583 bits per heavy atom. The van der Waals surface area contributed by atoms with Gasteiger partial charge in [0.1, 0.15) is 0 Å². The van der Waals surface area contributed by atoms with E-state index in [1.54, 1.807) is 0 Å². The molecule has 0 aliphatic heterocycles. The first-order valence-electron chi connectivity index (χ1n) is 7.78. The molecule has 0 fully saturated rings. The highest BCUT2D eigenvalue weighted by molar-refractivity contribution is 6.95. The summed E-state index contributed by atoms with van der Waals surface area (Å²) in [5, 5.41) is 18.0. The number of rotatable bonds is 3. The SMILES string of the molecule is Cc1ccc(B(c2ccc(C#N)cc2)c2ccc(C#N)cc2)cc1. The van der Waals surface area contributed by atoms with Gasteiger partial charge in [-0.15, -0.1) is 0 Å². The van der Waals surface area contributed by atoms with Gasteiger partial charge in [0.15, 0.2) is 0 Å². The highest BCUT2D eigenvalue weighted by atomic mass is 14.2. The minimum atomic E-state index is 0.0751. The number of benzene rings is 3. The van der Waals surface area contributed by atoms with Gasteiger partial charge in [-0.1, -0.05) is 70.5 Å². The summed E-state index contributed by atoms with van der Waals surface area (Å²) in [6, 6.07) is 28.2. The molecule has 0 bridgehead atoms. The summed E-state index contributed by atoms with van der Waals surface area (Å²) >= 11 is 0. The fraction of sp³-hybridized carbons (Fsp3) is 0.0476. The highest BCUT2D eigenvalue weighted by Gasteiger charge is 2.21. The molecule has 3 aromatic carbocycles. The first kappa shape index (κ1) is 15.6. The van der Waals surface area contributed by atoms with Crippen LogP contribution in [0, 0.1) is 29.6 Å². The zero-order valence-electron chi connectivity index (χ0n) is 13.4. The molecule has 0 saturated carbocycles. The van der Waals surface area contributed by atoms with Crippen LogP contribution in [0.1, 0.15) is 16.7 Å². The van der Waals surface area contributed by atoms with Crippen molar-refractivity contribution in [3.05, 3.63) is 89.5 Å². The largest absolute Gasteiger partial charge is 0.241 e. The molecule has 0 aromatic heterocycles.